The molecule has 150 valence electrons. The Hall–Kier alpha value is -3.17. The van der Waals surface area contributed by atoms with Gasteiger partial charge in [0.05, 0.1) is 17.5 Å². The molecule has 5 N–H and O–H groups in total. The van der Waals surface area contributed by atoms with Crippen LogP contribution in [0.5, 0.6) is 5.75 Å². The molecule has 0 fully saturated rings. The second-order valence-corrected chi connectivity index (χ2v) is 8.82. The monoisotopic (exact) mass is 429 g/mol. The predicted molar refractivity (Wildman–Crippen MR) is 116 cm³/mol. The fourth-order valence-electron chi connectivity index (χ4n) is 2.53. The van der Waals surface area contributed by atoms with Crippen LogP contribution in [-0.4, -0.2) is 20.6 Å². The lowest BCUT2D eigenvalue weighted by Crippen LogP contribution is -2.16. The second kappa shape index (κ2) is 8.46. The van der Waals surface area contributed by atoms with E-state index < -0.39 is 16.0 Å². The molecule has 1 amide bonds. The standard InChI is InChI=1S/C20H19N3O4S2/c1-29(25,26)27-17-7-3-2-6-16(17)23-20(24)19-15(22)5-4-8-18(19)28-14-11-9-13(21)10-12-14/h2-12H,21-22H2,1H3,(H,23,24). The van der Waals surface area contributed by atoms with Crippen molar-refractivity contribution >= 4 is 44.8 Å². The third-order valence-corrected chi connectivity index (χ3v) is 5.32. The first-order valence-corrected chi connectivity index (χ1v) is 11.1. The highest BCUT2D eigenvalue weighted by Crippen LogP contribution is 2.34. The summed E-state index contributed by atoms with van der Waals surface area (Å²) in [6.07, 6.45) is 0.933. The van der Waals surface area contributed by atoms with E-state index >= 15 is 0 Å². The number of rotatable bonds is 6. The van der Waals surface area contributed by atoms with Gasteiger partial charge in [-0.3, -0.25) is 4.79 Å². The molecule has 3 rings (SSSR count). The van der Waals surface area contributed by atoms with Gasteiger partial charge in [-0.15, -0.1) is 0 Å². The zero-order valence-corrected chi connectivity index (χ0v) is 17.1. The number of benzene rings is 3. The third kappa shape index (κ3) is 5.43. The number of anilines is 3. The van der Waals surface area contributed by atoms with Crippen molar-refractivity contribution in [1.29, 1.82) is 0 Å². The molecule has 29 heavy (non-hydrogen) atoms. The van der Waals surface area contributed by atoms with Gasteiger partial charge < -0.3 is 21.0 Å². The molecule has 0 saturated carbocycles. The number of amides is 1. The van der Waals surface area contributed by atoms with Gasteiger partial charge in [-0.25, -0.2) is 0 Å². The van der Waals surface area contributed by atoms with Crippen molar-refractivity contribution in [1.82, 2.24) is 0 Å². The number of para-hydroxylation sites is 2. The SMILES string of the molecule is CS(=O)(=O)Oc1ccccc1NC(=O)c1c(N)cccc1Sc1ccc(N)cc1. The summed E-state index contributed by atoms with van der Waals surface area (Å²) in [5.41, 5.74) is 13.2. The van der Waals surface area contributed by atoms with E-state index in [9.17, 15) is 13.2 Å². The van der Waals surface area contributed by atoms with Crippen LogP contribution in [0.1, 0.15) is 10.4 Å². The lowest BCUT2D eigenvalue weighted by Gasteiger charge is -2.14. The summed E-state index contributed by atoms with van der Waals surface area (Å²) < 4.78 is 27.9. The van der Waals surface area contributed by atoms with Crippen LogP contribution >= 0.6 is 11.8 Å². The molecule has 0 aromatic heterocycles. The molecule has 0 aliphatic rings. The van der Waals surface area contributed by atoms with Crippen molar-refractivity contribution < 1.29 is 17.4 Å². The molecule has 7 nitrogen and oxygen atoms in total. The fraction of sp³-hybridized carbons (Fsp3) is 0.0500. The molecule has 3 aromatic rings. The Labute approximate surface area is 173 Å². The molecular weight excluding hydrogens is 410 g/mol. The van der Waals surface area contributed by atoms with Gasteiger partial charge in [0, 0.05) is 21.2 Å². The Balaban J connectivity index is 1.91. The summed E-state index contributed by atoms with van der Waals surface area (Å²) in [5.74, 6) is -0.462. The maximum Gasteiger partial charge on any atom is 0.306 e. The summed E-state index contributed by atoms with van der Waals surface area (Å²) in [7, 11) is -3.75. The van der Waals surface area contributed by atoms with E-state index in [4.69, 9.17) is 15.7 Å². The van der Waals surface area contributed by atoms with Gasteiger partial charge in [0.1, 0.15) is 0 Å². The molecule has 0 unspecified atom stereocenters. The highest BCUT2D eigenvalue weighted by atomic mass is 32.2. The predicted octanol–water partition coefficient (Wildman–Crippen LogP) is 3.59. The zero-order chi connectivity index (χ0) is 21.0. The molecule has 0 radical (unpaired) electrons. The minimum Gasteiger partial charge on any atom is -0.399 e. The highest BCUT2D eigenvalue weighted by Gasteiger charge is 2.18. The van der Waals surface area contributed by atoms with Crippen molar-refractivity contribution in [3.63, 3.8) is 0 Å². The van der Waals surface area contributed by atoms with E-state index in [-0.39, 0.29) is 17.0 Å². The molecule has 9 heteroatoms. The number of carbonyl (C=O) groups excluding carboxylic acids is 1. The number of carbonyl (C=O) groups is 1. The van der Waals surface area contributed by atoms with E-state index in [1.165, 1.54) is 17.8 Å². The average molecular weight is 430 g/mol. The molecular formula is C20H19N3O4S2. The van der Waals surface area contributed by atoms with Crippen molar-refractivity contribution in [2.45, 2.75) is 9.79 Å². The number of hydrogen-bond acceptors (Lipinski definition) is 7. The van der Waals surface area contributed by atoms with Crippen LogP contribution in [0.2, 0.25) is 0 Å². The first kappa shape index (κ1) is 20.6. The Kier molecular flexibility index (Phi) is 6.00. The van der Waals surface area contributed by atoms with Gasteiger partial charge in [-0.1, -0.05) is 30.0 Å². The largest absolute Gasteiger partial charge is 0.399 e. The summed E-state index contributed by atoms with van der Waals surface area (Å²) in [6, 6.07) is 18.7. The maximum absolute atomic E-state index is 13.0. The maximum atomic E-state index is 13.0. The van der Waals surface area contributed by atoms with Crippen LogP contribution in [0.25, 0.3) is 0 Å². The average Bonchev–Trinajstić information content (AvgIpc) is 2.64. The zero-order valence-electron chi connectivity index (χ0n) is 15.5. The third-order valence-electron chi connectivity index (χ3n) is 3.77. The molecule has 0 heterocycles. The summed E-state index contributed by atoms with van der Waals surface area (Å²) in [6.45, 7) is 0. The first-order chi connectivity index (χ1) is 13.7. The summed E-state index contributed by atoms with van der Waals surface area (Å²) >= 11 is 1.37. The van der Waals surface area contributed by atoms with Gasteiger partial charge in [0.25, 0.3) is 5.91 Å². The van der Waals surface area contributed by atoms with Gasteiger partial charge >= 0.3 is 10.1 Å². The first-order valence-electron chi connectivity index (χ1n) is 8.44. The van der Waals surface area contributed by atoms with E-state index in [1.54, 1.807) is 48.5 Å². The Bertz CT molecular complexity index is 1150. The molecule has 0 aliphatic carbocycles. The van der Waals surface area contributed by atoms with E-state index in [1.807, 2.05) is 12.1 Å². The smallest absolute Gasteiger partial charge is 0.306 e. The number of nitrogen functional groups attached to an aromatic ring is 2. The van der Waals surface area contributed by atoms with Crippen molar-refractivity contribution in [2.24, 2.45) is 0 Å². The lowest BCUT2D eigenvalue weighted by molar-refractivity contribution is 0.102. The quantitative estimate of drug-likeness (QED) is 0.404. The van der Waals surface area contributed by atoms with Crippen LogP contribution in [-0.2, 0) is 10.1 Å². The van der Waals surface area contributed by atoms with Crippen LogP contribution < -0.4 is 21.0 Å². The molecule has 0 spiro atoms. The van der Waals surface area contributed by atoms with Crippen LogP contribution in [0.3, 0.4) is 0 Å². The van der Waals surface area contributed by atoms with Crippen LogP contribution in [0, 0.1) is 0 Å². The molecule has 0 aliphatic heterocycles. The topological polar surface area (TPSA) is 125 Å². The minimum absolute atomic E-state index is 0.0191. The molecule has 0 bridgehead atoms. The van der Waals surface area contributed by atoms with Crippen molar-refractivity contribution in [3.8, 4) is 5.75 Å². The summed E-state index contributed by atoms with van der Waals surface area (Å²) in [4.78, 5) is 14.5. The van der Waals surface area contributed by atoms with Gasteiger partial charge in [0.2, 0.25) is 0 Å². The second-order valence-electron chi connectivity index (χ2n) is 6.13. The van der Waals surface area contributed by atoms with E-state index in [0.29, 0.717) is 16.3 Å². The van der Waals surface area contributed by atoms with Gasteiger partial charge in [0.15, 0.2) is 5.75 Å². The van der Waals surface area contributed by atoms with Crippen molar-refractivity contribution in [2.75, 3.05) is 23.0 Å². The Morgan fingerprint density at radius 3 is 2.34 bits per heavy atom. The fourth-order valence-corrected chi connectivity index (χ4v) is 3.99. The van der Waals surface area contributed by atoms with Gasteiger partial charge in [-0.05, 0) is 48.5 Å². The summed E-state index contributed by atoms with van der Waals surface area (Å²) in [5, 5.41) is 2.68. The van der Waals surface area contributed by atoms with E-state index in [0.717, 1.165) is 11.2 Å². The van der Waals surface area contributed by atoms with Gasteiger partial charge in [-0.2, -0.15) is 8.42 Å². The number of nitrogens with two attached hydrogens (primary N) is 2. The Morgan fingerprint density at radius 2 is 1.66 bits per heavy atom. The van der Waals surface area contributed by atoms with Crippen molar-refractivity contribution in [3.05, 3.63) is 72.3 Å². The normalized spacial score (nSPS) is 11.1. The number of hydrogen-bond donors (Lipinski definition) is 3. The Morgan fingerprint density at radius 1 is 0.966 bits per heavy atom. The molecule has 0 saturated heterocycles. The van der Waals surface area contributed by atoms with E-state index in [2.05, 4.69) is 5.32 Å². The molecule has 0 atom stereocenters. The van der Waals surface area contributed by atoms with Crippen LogP contribution in [0.15, 0.2) is 76.5 Å². The molecule has 3 aromatic carbocycles. The lowest BCUT2D eigenvalue weighted by atomic mass is 10.1. The number of nitrogens with one attached hydrogen (secondary N) is 1. The minimum atomic E-state index is -3.75. The highest BCUT2D eigenvalue weighted by molar-refractivity contribution is 7.99. The van der Waals surface area contributed by atoms with Crippen LogP contribution in [0.4, 0.5) is 17.1 Å².